The van der Waals surface area contributed by atoms with E-state index < -0.39 is 0 Å². The zero-order chi connectivity index (χ0) is 9.26. The van der Waals surface area contributed by atoms with Gasteiger partial charge in [-0.05, 0) is 17.5 Å². The van der Waals surface area contributed by atoms with Gasteiger partial charge in [0, 0.05) is 23.7 Å². The third kappa shape index (κ3) is 1.38. The van der Waals surface area contributed by atoms with E-state index in [0.717, 1.165) is 16.1 Å². The first-order valence-electron chi connectivity index (χ1n) is 3.98. The first-order chi connectivity index (χ1) is 6.33. The standard InChI is InChI=1S/C9H10N2OS/c1-11-8(2-4-10-11)7-3-5-13-9(7)6-12/h2-5,12H,6H2,1H3. The van der Waals surface area contributed by atoms with Crippen LogP contribution in [0.2, 0.25) is 0 Å². The number of hydrogen-bond acceptors (Lipinski definition) is 3. The number of rotatable bonds is 2. The Morgan fingerprint density at radius 1 is 1.54 bits per heavy atom. The Morgan fingerprint density at radius 2 is 2.38 bits per heavy atom. The van der Waals surface area contributed by atoms with Crippen LogP contribution in [0.4, 0.5) is 0 Å². The second-order valence-electron chi connectivity index (χ2n) is 2.76. The molecular weight excluding hydrogens is 184 g/mol. The van der Waals surface area contributed by atoms with Crippen molar-refractivity contribution in [3.05, 3.63) is 28.6 Å². The summed E-state index contributed by atoms with van der Waals surface area (Å²) in [7, 11) is 1.90. The van der Waals surface area contributed by atoms with Gasteiger partial charge >= 0.3 is 0 Å². The summed E-state index contributed by atoms with van der Waals surface area (Å²) >= 11 is 1.57. The Bertz CT molecular complexity index is 405. The van der Waals surface area contributed by atoms with Crippen LogP contribution in [-0.4, -0.2) is 14.9 Å². The van der Waals surface area contributed by atoms with Gasteiger partial charge in [0.15, 0.2) is 0 Å². The van der Waals surface area contributed by atoms with Crippen molar-refractivity contribution >= 4 is 11.3 Å². The van der Waals surface area contributed by atoms with E-state index in [0.29, 0.717) is 0 Å². The maximum Gasteiger partial charge on any atom is 0.0781 e. The van der Waals surface area contributed by atoms with Crippen LogP contribution in [0.15, 0.2) is 23.7 Å². The predicted molar refractivity (Wildman–Crippen MR) is 52.4 cm³/mol. The molecule has 3 nitrogen and oxygen atoms in total. The summed E-state index contributed by atoms with van der Waals surface area (Å²) in [5, 5.41) is 15.1. The van der Waals surface area contributed by atoms with Gasteiger partial charge in [-0.1, -0.05) is 0 Å². The van der Waals surface area contributed by atoms with Gasteiger partial charge in [0.05, 0.1) is 12.3 Å². The summed E-state index contributed by atoms with van der Waals surface area (Å²) in [4.78, 5) is 0.989. The maximum atomic E-state index is 9.08. The van der Waals surface area contributed by atoms with Crippen LogP contribution in [0.1, 0.15) is 4.88 Å². The van der Waals surface area contributed by atoms with Crippen molar-refractivity contribution in [2.75, 3.05) is 0 Å². The highest BCUT2D eigenvalue weighted by Crippen LogP contribution is 2.27. The van der Waals surface area contributed by atoms with E-state index in [1.165, 1.54) is 0 Å². The zero-order valence-electron chi connectivity index (χ0n) is 7.27. The number of aryl methyl sites for hydroxylation is 1. The van der Waals surface area contributed by atoms with Gasteiger partial charge in [0.25, 0.3) is 0 Å². The molecule has 0 aromatic carbocycles. The lowest BCUT2D eigenvalue weighted by atomic mass is 10.2. The first-order valence-corrected chi connectivity index (χ1v) is 4.86. The first kappa shape index (κ1) is 8.47. The topological polar surface area (TPSA) is 38.0 Å². The number of nitrogens with zero attached hydrogens (tertiary/aromatic N) is 2. The SMILES string of the molecule is Cn1nccc1-c1ccsc1CO. The normalized spacial score (nSPS) is 10.6. The highest BCUT2D eigenvalue weighted by Gasteiger charge is 2.08. The Hall–Kier alpha value is -1.13. The van der Waals surface area contributed by atoms with Crippen molar-refractivity contribution in [2.45, 2.75) is 6.61 Å². The third-order valence-corrected chi connectivity index (χ3v) is 2.89. The van der Waals surface area contributed by atoms with Crippen LogP contribution < -0.4 is 0 Å². The van der Waals surface area contributed by atoms with Gasteiger partial charge in [0.2, 0.25) is 0 Å². The summed E-state index contributed by atoms with van der Waals surface area (Å²) in [6.07, 6.45) is 1.76. The van der Waals surface area contributed by atoms with E-state index >= 15 is 0 Å². The van der Waals surface area contributed by atoms with Gasteiger partial charge in [0.1, 0.15) is 0 Å². The van der Waals surface area contributed by atoms with E-state index in [1.807, 2.05) is 24.6 Å². The van der Waals surface area contributed by atoms with Gasteiger partial charge in [-0.2, -0.15) is 5.10 Å². The lowest BCUT2D eigenvalue weighted by molar-refractivity contribution is 0.286. The molecule has 68 valence electrons. The Morgan fingerprint density at radius 3 is 3.00 bits per heavy atom. The van der Waals surface area contributed by atoms with Crippen molar-refractivity contribution in [3.8, 4) is 11.3 Å². The molecule has 0 aliphatic carbocycles. The molecule has 0 saturated carbocycles. The average molecular weight is 194 g/mol. The molecule has 2 rings (SSSR count). The smallest absolute Gasteiger partial charge is 0.0781 e. The molecule has 1 N–H and O–H groups in total. The number of aromatic nitrogens is 2. The van der Waals surface area contributed by atoms with Gasteiger partial charge < -0.3 is 5.11 Å². The lowest BCUT2D eigenvalue weighted by Crippen LogP contribution is -1.94. The van der Waals surface area contributed by atoms with Crippen molar-refractivity contribution < 1.29 is 5.11 Å². The zero-order valence-corrected chi connectivity index (χ0v) is 8.08. The molecule has 2 aromatic heterocycles. The molecule has 13 heavy (non-hydrogen) atoms. The average Bonchev–Trinajstić information content (AvgIpc) is 2.71. The van der Waals surface area contributed by atoms with Crippen molar-refractivity contribution in [1.29, 1.82) is 0 Å². The molecule has 0 aliphatic rings. The Balaban J connectivity index is 2.52. The van der Waals surface area contributed by atoms with Crippen LogP contribution in [0.5, 0.6) is 0 Å². The fraction of sp³-hybridized carbons (Fsp3) is 0.222. The fourth-order valence-corrected chi connectivity index (χ4v) is 2.07. The minimum absolute atomic E-state index is 0.0954. The second kappa shape index (κ2) is 3.32. The summed E-state index contributed by atoms with van der Waals surface area (Å²) in [5.41, 5.74) is 2.12. The molecule has 2 heterocycles. The van der Waals surface area contributed by atoms with E-state index in [2.05, 4.69) is 5.10 Å². The van der Waals surface area contributed by atoms with Gasteiger partial charge in [-0.25, -0.2) is 0 Å². The number of hydrogen-bond donors (Lipinski definition) is 1. The van der Waals surface area contributed by atoms with Crippen LogP contribution in [-0.2, 0) is 13.7 Å². The predicted octanol–water partition coefficient (Wildman–Crippen LogP) is 1.64. The third-order valence-electron chi connectivity index (χ3n) is 1.99. The van der Waals surface area contributed by atoms with Crippen molar-refractivity contribution in [3.63, 3.8) is 0 Å². The highest BCUT2D eigenvalue weighted by molar-refractivity contribution is 7.10. The number of aliphatic hydroxyl groups excluding tert-OH is 1. The summed E-state index contributed by atoms with van der Waals surface area (Å²) < 4.78 is 1.81. The fourth-order valence-electron chi connectivity index (χ4n) is 1.33. The van der Waals surface area contributed by atoms with E-state index in [4.69, 9.17) is 5.11 Å². The Kier molecular flexibility index (Phi) is 2.16. The Labute approximate surface area is 80.3 Å². The number of aliphatic hydroxyl groups is 1. The minimum atomic E-state index is 0.0954. The van der Waals surface area contributed by atoms with E-state index in [1.54, 1.807) is 22.2 Å². The second-order valence-corrected chi connectivity index (χ2v) is 3.76. The lowest BCUT2D eigenvalue weighted by Gasteiger charge is -2.00. The summed E-state index contributed by atoms with van der Waals surface area (Å²) in [5.74, 6) is 0. The summed E-state index contributed by atoms with van der Waals surface area (Å²) in [6.45, 7) is 0.0954. The number of thiophene rings is 1. The van der Waals surface area contributed by atoms with E-state index in [-0.39, 0.29) is 6.61 Å². The highest BCUT2D eigenvalue weighted by atomic mass is 32.1. The van der Waals surface area contributed by atoms with Crippen LogP contribution in [0, 0.1) is 0 Å². The van der Waals surface area contributed by atoms with Gasteiger partial charge in [-0.3, -0.25) is 4.68 Å². The molecule has 0 atom stereocenters. The molecule has 2 aromatic rings. The molecule has 0 bridgehead atoms. The molecule has 4 heteroatoms. The molecule has 0 spiro atoms. The summed E-state index contributed by atoms with van der Waals surface area (Å²) in [6, 6.07) is 3.95. The maximum absolute atomic E-state index is 9.08. The van der Waals surface area contributed by atoms with Crippen LogP contribution in [0.3, 0.4) is 0 Å². The molecule has 0 fully saturated rings. The molecule has 0 saturated heterocycles. The molecule has 0 aliphatic heterocycles. The minimum Gasteiger partial charge on any atom is -0.391 e. The van der Waals surface area contributed by atoms with Crippen LogP contribution >= 0.6 is 11.3 Å². The quantitative estimate of drug-likeness (QED) is 0.789. The van der Waals surface area contributed by atoms with E-state index in [9.17, 15) is 0 Å². The molecular formula is C9H10N2OS. The van der Waals surface area contributed by atoms with Crippen molar-refractivity contribution in [2.24, 2.45) is 7.05 Å². The van der Waals surface area contributed by atoms with Crippen molar-refractivity contribution in [1.82, 2.24) is 9.78 Å². The monoisotopic (exact) mass is 194 g/mol. The van der Waals surface area contributed by atoms with Crippen LogP contribution in [0.25, 0.3) is 11.3 Å². The molecule has 0 unspecified atom stereocenters. The van der Waals surface area contributed by atoms with Gasteiger partial charge in [-0.15, -0.1) is 11.3 Å². The molecule has 0 radical (unpaired) electrons. The molecule has 0 amide bonds. The largest absolute Gasteiger partial charge is 0.391 e.